The predicted molar refractivity (Wildman–Crippen MR) is 120 cm³/mol. The number of rotatable bonds is 3. The first kappa shape index (κ1) is 19.6. The maximum atomic E-state index is 13.8. The van der Waals surface area contributed by atoms with E-state index in [0.29, 0.717) is 35.0 Å². The molecule has 0 unspecified atom stereocenters. The third-order valence-corrected chi connectivity index (χ3v) is 7.47. The molecule has 0 spiro atoms. The van der Waals surface area contributed by atoms with Crippen LogP contribution in [0.4, 0.5) is 0 Å². The maximum absolute atomic E-state index is 13.8. The molecule has 1 aliphatic rings. The summed E-state index contributed by atoms with van der Waals surface area (Å²) in [6.07, 6.45) is 4.05. The number of fused-ring (bicyclic) bond motifs is 4. The van der Waals surface area contributed by atoms with Crippen LogP contribution in [0, 0.1) is 16.7 Å². The summed E-state index contributed by atoms with van der Waals surface area (Å²) in [5.41, 5.74) is 2.10. The summed E-state index contributed by atoms with van der Waals surface area (Å²) < 4.78 is 28.4. The highest BCUT2D eigenvalue weighted by Gasteiger charge is 2.46. The van der Waals surface area contributed by atoms with Crippen LogP contribution in [0.3, 0.4) is 0 Å². The molecule has 6 nitrogen and oxygen atoms in total. The minimum absolute atomic E-state index is 0.282. The minimum atomic E-state index is -3.60. The van der Waals surface area contributed by atoms with E-state index < -0.39 is 15.4 Å². The number of Topliss-reactive ketones (excluding diaryl/α,β-unsaturated/α-hetero) is 1. The van der Waals surface area contributed by atoms with E-state index in [-0.39, 0.29) is 12.2 Å². The molecule has 1 atom stereocenters. The fourth-order valence-electron chi connectivity index (χ4n) is 5.01. The molecule has 5 rings (SSSR count). The van der Waals surface area contributed by atoms with Crippen LogP contribution < -0.4 is 0 Å². The van der Waals surface area contributed by atoms with Crippen molar-refractivity contribution in [2.24, 2.45) is 12.5 Å². The highest BCUT2D eigenvalue weighted by atomic mass is 32.2. The van der Waals surface area contributed by atoms with Gasteiger partial charge in [-0.25, -0.2) is 12.4 Å². The van der Waals surface area contributed by atoms with E-state index in [2.05, 4.69) is 6.07 Å². The number of para-hydroxylation sites is 2. The molecule has 0 saturated carbocycles. The lowest BCUT2D eigenvalue weighted by Gasteiger charge is -2.30. The quantitative estimate of drug-likeness (QED) is 0.494. The van der Waals surface area contributed by atoms with Crippen LogP contribution in [0.2, 0.25) is 0 Å². The molecule has 31 heavy (non-hydrogen) atoms. The zero-order chi connectivity index (χ0) is 22.0. The van der Waals surface area contributed by atoms with Gasteiger partial charge >= 0.3 is 0 Å². The molecule has 0 saturated heterocycles. The van der Waals surface area contributed by atoms with Crippen LogP contribution in [0.1, 0.15) is 28.0 Å². The van der Waals surface area contributed by atoms with Gasteiger partial charge in [0, 0.05) is 47.2 Å². The van der Waals surface area contributed by atoms with E-state index in [0.717, 1.165) is 22.7 Å². The van der Waals surface area contributed by atoms with Crippen molar-refractivity contribution >= 4 is 37.6 Å². The van der Waals surface area contributed by atoms with E-state index in [9.17, 15) is 18.5 Å². The van der Waals surface area contributed by atoms with Crippen molar-refractivity contribution in [2.75, 3.05) is 6.26 Å². The van der Waals surface area contributed by atoms with Crippen molar-refractivity contribution in [1.29, 1.82) is 5.26 Å². The molecule has 0 amide bonds. The van der Waals surface area contributed by atoms with Gasteiger partial charge in [-0.05, 0) is 30.5 Å². The van der Waals surface area contributed by atoms with Gasteiger partial charge in [0.1, 0.15) is 5.41 Å². The van der Waals surface area contributed by atoms with Crippen LogP contribution in [-0.4, -0.2) is 29.0 Å². The van der Waals surface area contributed by atoms with E-state index in [4.69, 9.17) is 0 Å². The second-order valence-corrected chi connectivity index (χ2v) is 10.2. The van der Waals surface area contributed by atoms with E-state index in [1.165, 1.54) is 3.97 Å². The van der Waals surface area contributed by atoms with Gasteiger partial charge in [0.2, 0.25) is 10.0 Å². The Morgan fingerprint density at radius 1 is 1.06 bits per heavy atom. The largest absolute Gasteiger partial charge is 0.350 e. The minimum Gasteiger partial charge on any atom is -0.350 e. The van der Waals surface area contributed by atoms with Crippen LogP contribution >= 0.6 is 0 Å². The van der Waals surface area contributed by atoms with Gasteiger partial charge in [-0.1, -0.05) is 36.4 Å². The molecule has 2 aromatic heterocycles. The number of hydrogen-bond acceptors (Lipinski definition) is 4. The zero-order valence-electron chi connectivity index (χ0n) is 17.3. The monoisotopic (exact) mass is 431 g/mol. The average molecular weight is 432 g/mol. The number of benzene rings is 2. The number of hydrogen-bond donors (Lipinski definition) is 0. The Labute approximate surface area is 180 Å². The van der Waals surface area contributed by atoms with Gasteiger partial charge in [0.25, 0.3) is 0 Å². The lowest BCUT2D eigenvalue weighted by Crippen LogP contribution is -2.37. The lowest BCUT2D eigenvalue weighted by atomic mass is 9.69. The molecule has 7 heteroatoms. The fourth-order valence-corrected chi connectivity index (χ4v) is 6.11. The molecule has 2 aromatic carbocycles. The molecule has 0 aliphatic heterocycles. The summed E-state index contributed by atoms with van der Waals surface area (Å²) >= 11 is 0. The molecule has 1 aliphatic carbocycles. The number of carbonyl (C=O) groups excluding carboxylic acids is 1. The number of nitrogens with zero attached hydrogens (tertiary/aromatic N) is 3. The first-order chi connectivity index (χ1) is 14.8. The molecule has 156 valence electrons. The highest BCUT2D eigenvalue weighted by molar-refractivity contribution is 7.89. The van der Waals surface area contributed by atoms with Gasteiger partial charge in [-0.2, -0.15) is 5.26 Å². The molecule has 0 radical (unpaired) electrons. The van der Waals surface area contributed by atoms with Gasteiger partial charge < -0.3 is 4.57 Å². The van der Waals surface area contributed by atoms with Crippen molar-refractivity contribution < 1.29 is 13.2 Å². The second-order valence-electron chi connectivity index (χ2n) is 8.35. The normalized spacial score (nSPS) is 18.9. The van der Waals surface area contributed by atoms with Gasteiger partial charge in [0.05, 0.1) is 17.8 Å². The van der Waals surface area contributed by atoms with Crippen molar-refractivity contribution in [3.05, 3.63) is 71.5 Å². The number of carbonyl (C=O) groups is 1. The Balaban J connectivity index is 1.70. The smallest absolute Gasteiger partial charge is 0.236 e. The number of aromatic nitrogens is 2. The van der Waals surface area contributed by atoms with Crippen molar-refractivity contribution in [1.82, 2.24) is 8.54 Å². The fraction of sp³-hybridized carbons (Fsp3) is 0.250. The molecular formula is C24H21N3O3S. The Kier molecular flexibility index (Phi) is 4.15. The molecule has 4 aromatic rings. The SMILES string of the molecule is Cn1cc(C[C@@]2(C#N)CCc3c(c4ccccc4n3S(C)(=O)=O)C2=O)c2ccccc21. The molecular weight excluding hydrogens is 410 g/mol. The highest BCUT2D eigenvalue weighted by Crippen LogP contribution is 2.43. The number of ketones is 1. The Bertz CT molecular complexity index is 1540. The summed E-state index contributed by atoms with van der Waals surface area (Å²) in [7, 11) is -1.65. The summed E-state index contributed by atoms with van der Waals surface area (Å²) in [6.45, 7) is 0. The predicted octanol–water partition coefficient (Wildman–Crippen LogP) is 3.82. The van der Waals surface area contributed by atoms with Gasteiger partial charge in [-0.3, -0.25) is 4.79 Å². The van der Waals surface area contributed by atoms with Gasteiger partial charge in [-0.15, -0.1) is 0 Å². The summed E-state index contributed by atoms with van der Waals surface area (Å²) in [5.74, 6) is -0.289. The van der Waals surface area contributed by atoms with Crippen molar-refractivity contribution in [3.8, 4) is 6.07 Å². The molecule has 0 N–H and O–H groups in total. The van der Waals surface area contributed by atoms with E-state index in [1.54, 1.807) is 24.3 Å². The van der Waals surface area contributed by atoms with E-state index >= 15 is 0 Å². The number of aryl methyl sites for hydroxylation is 1. The Morgan fingerprint density at radius 2 is 1.71 bits per heavy atom. The lowest BCUT2D eigenvalue weighted by molar-refractivity contribution is 0.0835. The van der Waals surface area contributed by atoms with Crippen molar-refractivity contribution in [2.45, 2.75) is 19.3 Å². The first-order valence-corrected chi connectivity index (χ1v) is 11.9. The zero-order valence-corrected chi connectivity index (χ0v) is 18.1. The average Bonchev–Trinajstić information content (AvgIpc) is 3.25. The molecule has 0 fully saturated rings. The Morgan fingerprint density at radius 3 is 2.39 bits per heavy atom. The molecule has 0 bridgehead atoms. The maximum Gasteiger partial charge on any atom is 0.236 e. The van der Waals surface area contributed by atoms with Crippen LogP contribution in [0.25, 0.3) is 21.8 Å². The molecule has 2 heterocycles. The van der Waals surface area contributed by atoms with Crippen LogP contribution in [-0.2, 0) is 29.9 Å². The third kappa shape index (κ3) is 2.75. The van der Waals surface area contributed by atoms with Crippen LogP contribution in [0.15, 0.2) is 54.7 Å². The second kappa shape index (κ2) is 6.56. The van der Waals surface area contributed by atoms with Gasteiger partial charge in [0.15, 0.2) is 5.78 Å². The van der Waals surface area contributed by atoms with Crippen LogP contribution in [0.5, 0.6) is 0 Å². The summed E-state index contributed by atoms with van der Waals surface area (Å²) in [4.78, 5) is 13.8. The third-order valence-electron chi connectivity index (χ3n) is 6.39. The summed E-state index contributed by atoms with van der Waals surface area (Å²) in [5, 5.41) is 11.8. The topological polar surface area (TPSA) is 84.9 Å². The van der Waals surface area contributed by atoms with Crippen molar-refractivity contribution in [3.63, 3.8) is 0 Å². The Hall–Kier alpha value is -3.37. The van der Waals surface area contributed by atoms with E-state index in [1.807, 2.05) is 42.1 Å². The standard InChI is InChI=1S/C24H21N3O3S/c1-26-14-16(17-7-3-5-9-19(17)26)13-24(15-25)12-11-21-22(23(24)28)18-8-4-6-10-20(18)27(21)31(2,29)30/h3-10,14H,11-13H2,1-2H3/t24-/m1/s1. The summed E-state index contributed by atoms with van der Waals surface area (Å²) in [6, 6.07) is 17.3. The number of nitriles is 1. The first-order valence-electron chi connectivity index (χ1n) is 10.1.